The molecular formula is C25H21N2OP. The normalized spacial score (nSPS) is 10.7. The molecule has 0 aliphatic carbocycles. The van der Waals surface area contributed by atoms with Crippen molar-refractivity contribution < 1.29 is 4.79 Å². The van der Waals surface area contributed by atoms with E-state index in [4.69, 9.17) is 4.98 Å². The van der Waals surface area contributed by atoms with Gasteiger partial charge >= 0.3 is 0 Å². The van der Waals surface area contributed by atoms with Gasteiger partial charge < -0.3 is 5.32 Å². The number of nitrogens with zero attached hydrogens (tertiary/aromatic N) is 1. The minimum absolute atomic E-state index is 0.0652. The maximum Gasteiger partial charge on any atom is 0.229 e. The average molecular weight is 396 g/mol. The molecule has 0 spiro atoms. The summed E-state index contributed by atoms with van der Waals surface area (Å²) in [5.41, 5.74) is 1.95. The molecule has 0 bridgehead atoms. The van der Waals surface area contributed by atoms with E-state index in [0.717, 1.165) is 11.0 Å². The molecule has 0 saturated heterocycles. The van der Waals surface area contributed by atoms with E-state index < -0.39 is 7.92 Å². The monoisotopic (exact) mass is 396 g/mol. The van der Waals surface area contributed by atoms with Gasteiger partial charge in [-0.05, 0) is 28.3 Å². The summed E-state index contributed by atoms with van der Waals surface area (Å²) in [4.78, 5) is 17.3. The van der Waals surface area contributed by atoms with Crippen molar-refractivity contribution in [1.82, 2.24) is 4.98 Å². The van der Waals surface area contributed by atoms with Gasteiger partial charge in [-0.25, -0.2) is 4.98 Å². The molecule has 0 aliphatic heterocycles. The second kappa shape index (κ2) is 9.27. The fraction of sp³-hybridized carbons (Fsp3) is 0.0400. The molecule has 3 nitrogen and oxygen atoms in total. The summed E-state index contributed by atoms with van der Waals surface area (Å²) in [5.74, 6) is 0.521. The number of nitrogens with one attached hydrogen (secondary N) is 1. The topological polar surface area (TPSA) is 42.0 Å². The highest BCUT2D eigenvalue weighted by Crippen LogP contribution is 2.31. The van der Waals surface area contributed by atoms with Crippen LogP contribution in [0.4, 0.5) is 5.82 Å². The molecule has 0 saturated carbocycles. The molecule has 1 N–H and O–H groups in total. The lowest BCUT2D eigenvalue weighted by Gasteiger charge is -2.19. The minimum atomic E-state index is -0.798. The molecule has 3 aromatic carbocycles. The van der Waals surface area contributed by atoms with Crippen LogP contribution in [0, 0.1) is 0 Å². The Kier molecular flexibility index (Phi) is 6.09. The fourth-order valence-corrected chi connectivity index (χ4v) is 5.36. The molecule has 1 heterocycles. The molecular weight excluding hydrogens is 375 g/mol. The molecule has 4 heteroatoms. The molecule has 1 amide bonds. The zero-order chi connectivity index (χ0) is 19.9. The van der Waals surface area contributed by atoms with Crippen molar-refractivity contribution in [3.8, 4) is 0 Å². The Morgan fingerprint density at radius 3 is 1.83 bits per heavy atom. The first-order chi connectivity index (χ1) is 14.3. The van der Waals surface area contributed by atoms with Gasteiger partial charge in [0, 0.05) is 7.92 Å². The third-order valence-corrected chi connectivity index (χ3v) is 6.80. The first-order valence-electron chi connectivity index (χ1n) is 9.51. The second-order valence-corrected chi connectivity index (χ2v) is 8.76. The van der Waals surface area contributed by atoms with Crippen LogP contribution in [0.1, 0.15) is 5.56 Å². The van der Waals surface area contributed by atoms with E-state index in [0.29, 0.717) is 12.2 Å². The zero-order valence-corrected chi connectivity index (χ0v) is 16.8. The summed E-state index contributed by atoms with van der Waals surface area (Å²) >= 11 is 0. The molecule has 0 aliphatic rings. The first-order valence-corrected chi connectivity index (χ1v) is 10.8. The van der Waals surface area contributed by atoms with Crippen LogP contribution >= 0.6 is 7.92 Å². The van der Waals surface area contributed by atoms with E-state index in [9.17, 15) is 4.79 Å². The van der Waals surface area contributed by atoms with Crippen LogP contribution in [0.3, 0.4) is 0 Å². The fourth-order valence-electron chi connectivity index (χ4n) is 3.15. The summed E-state index contributed by atoms with van der Waals surface area (Å²) in [6, 6.07) is 36.4. The number of pyridine rings is 1. The van der Waals surface area contributed by atoms with Gasteiger partial charge in [-0.2, -0.15) is 0 Å². The lowest BCUT2D eigenvalue weighted by molar-refractivity contribution is -0.115. The molecule has 0 unspecified atom stereocenters. The number of aromatic nitrogens is 1. The summed E-state index contributed by atoms with van der Waals surface area (Å²) in [5, 5.41) is 5.41. The van der Waals surface area contributed by atoms with Crippen molar-refractivity contribution in [3.63, 3.8) is 0 Å². The molecule has 1 aromatic heterocycles. The van der Waals surface area contributed by atoms with Crippen LogP contribution in [-0.4, -0.2) is 10.9 Å². The van der Waals surface area contributed by atoms with Gasteiger partial charge in [-0.1, -0.05) is 97.1 Å². The van der Waals surface area contributed by atoms with Gasteiger partial charge in [0.2, 0.25) is 5.91 Å². The highest BCUT2D eigenvalue weighted by molar-refractivity contribution is 7.79. The quantitative estimate of drug-likeness (QED) is 0.500. The van der Waals surface area contributed by atoms with E-state index >= 15 is 0 Å². The molecule has 0 fully saturated rings. The Hall–Kier alpha value is -3.29. The number of amides is 1. The third-order valence-electron chi connectivity index (χ3n) is 4.47. The van der Waals surface area contributed by atoms with Crippen LogP contribution in [0.25, 0.3) is 0 Å². The van der Waals surface area contributed by atoms with Gasteiger partial charge in [-0.3, -0.25) is 4.79 Å². The summed E-state index contributed by atoms with van der Waals surface area (Å²) in [6.45, 7) is 0. The van der Waals surface area contributed by atoms with Crippen LogP contribution in [0.2, 0.25) is 0 Å². The number of carbonyl (C=O) groups is 1. The number of benzene rings is 3. The highest BCUT2D eigenvalue weighted by Gasteiger charge is 2.18. The summed E-state index contributed by atoms with van der Waals surface area (Å²) in [6.07, 6.45) is 0.332. The van der Waals surface area contributed by atoms with Gasteiger partial charge in [0.1, 0.15) is 5.82 Å². The molecule has 0 radical (unpaired) electrons. The van der Waals surface area contributed by atoms with E-state index in [2.05, 4.69) is 53.8 Å². The highest BCUT2D eigenvalue weighted by atomic mass is 31.1. The van der Waals surface area contributed by atoms with Crippen LogP contribution in [-0.2, 0) is 11.2 Å². The SMILES string of the molecule is O=C(Cc1ccccc1)Nc1cccc(P(c2ccccc2)c2ccccc2)n1. The predicted octanol–water partition coefficient (Wildman–Crippen LogP) is 4.02. The van der Waals surface area contributed by atoms with Gasteiger partial charge in [0.05, 0.1) is 11.9 Å². The van der Waals surface area contributed by atoms with Gasteiger partial charge in [-0.15, -0.1) is 0 Å². The van der Waals surface area contributed by atoms with E-state index in [-0.39, 0.29) is 5.91 Å². The van der Waals surface area contributed by atoms with Gasteiger partial charge in [0.15, 0.2) is 0 Å². The Balaban J connectivity index is 1.61. The van der Waals surface area contributed by atoms with Crippen molar-refractivity contribution in [2.45, 2.75) is 6.42 Å². The lowest BCUT2D eigenvalue weighted by atomic mass is 10.1. The zero-order valence-electron chi connectivity index (χ0n) is 15.9. The third kappa shape index (κ3) is 4.96. The van der Waals surface area contributed by atoms with Crippen molar-refractivity contribution in [2.75, 3.05) is 5.32 Å². The number of hydrogen-bond donors (Lipinski definition) is 1. The number of rotatable bonds is 6. The Morgan fingerprint density at radius 2 is 1.24 bits per heavy atom. The number of carbonyl (C=O) groups excluding carboxylic acids is 1. The smallest absolute Gasteiger partial charge is 0.229 e. The van der Waals surface area contributed by atoms with Crippen molar-refractivity contribution >= 4 is 35.7 Å². The standard InChI is InChI=1S/C25H21N2OP/c28-24(19-20-11-4-1-5-12-20)26-23-17-10-18-25(27-23)29(21-13-6-2-7-14-21)22-15-8-3-9-16-22/h1-18H,19H2,(H,26,27,28). The van der Waals surface area contributed by atoms with E-state index in [1.165, 1.54) is 10.6 Å². The first kappa shape index (κ1) is 19.0. The Bertz CT molecular complexity index is 1030. The van der Waals surface area contributed by atoms with Crippen molar-refractivity contribution in [2.24, 2.45) is 0 Å². The van der Waals surface area contributed by atoms with E-state index in [1.54, 1.807) is 0 Å². The van der Waals surface area contributed by atoms with Crippen molar-refractivity contribution in [1.29, 1.82) is 0 Å². The summed E-state index contributed by atoms with van der Waals surface area (Å²) < 4.78 is 0. The Labute approximate surface area is 172 Å². The molecule has 4 aromatic rings. The minimum Gasteiger partial charge on any atom is -0.310 e. The average Bonchev–Trinajstić information content (AvgIpc) is 2.76. The van der Waals surface area contributed by atoms with Crippen molar-refractivity contribution in [3.05, 3.63) is 115 Å². The lowest BCUT2D eigenvalue weighted by Crippen LogP contribution is -2.24. The number of anilines is 1. The number of hydrogen-bond acceptors (Lipinski definition) is 2. The van der Waals surface area contributed by atoms with E-state index in [1.807, 2.05) is 60.7 Å². The molecule has 4 rings (SSSR count). The maximum absolute atomic E-state index is 12.5. The largest absolute Gasteiger partial charge is 0.310 e. The molecule has 29 heavy (non-hydrogen) atoms. The van der Waals surface area contributed by atoms with Gasteiger partial charge in [0.25, 0.3) is 0 Å². The van der Waals surface area contributed by atoms with Crippen LogP contribution in [0.5, 0.6) is 0 Å². The van der Waals surface area contributed by atoms with Crippen LogP contribution in [0.15, 0.2) is 109 Å². The predicted molar refractivity (Wildman–Crippen MR) is 122 cm³/mol. The molecule has 142 valence electrons. The molecule has 0 atom stereocenters. The maximum atomic E-state index is 12.5. The Morgan fingerprint density at radius 1 is 0.690 bits per heavy atom. The second-order valence-electron chi connectivity index (χ2n) is 6.60. The summed E-state index contributed by atoms with van der Waals surface area (Å²) in [7, 11) is -0.798. The van der Waals surface area contributed by atoms with Crippen LogP contribution < -0.4 is 21.4 Å².